The van der Waals surface area contributed by atoms with Crippen LogP contribution in [0, 0.1) is 0 Å². The number of benzene rings is 1. The molecule has 0 atom stereocenters. The molecule has 0 amide bonds. The number of aromatic carboxylic acids is 1. The van der Waals surface area contributed by atoms with Gasteiger partial charge in [-0.1, -0.05) is 11.6 Å². The summed E-state index contributed by atoms with van der Waals surface area (Å²) in [6, 6.07) is 3.60. The molecule has 0 spiro atoms. The molecule has 1 aromatic heterocycles. The summed E-state index contributed by atoms with van der Waals surface area (Å²) in [5, 5.41) is 9.15. The van der Waals surface area contributed by atoms with Crippen LogP contribution in [-0.2, 0) is 10.0 Å². The van der Waals surface area contributed by atoms with Crippen LogP contribution in [0.1, 0.15) is 10.4 Å². The first-order valence-corrected chi connectivity index (χ1v) is 9.25. The number of sulfonamides is 1. The number of rotatable bonds is 4. The first-order valence-electron chi connectivity index (χ1n) is 7.43. The zero-order valence-electron chi connectivity index (χ0n) is 13.0. The number of anilines is 1. The number of hydrogen-bond donors (Lipinski definition) is 1. The molecule has 0 radical (unpaired) electrons. The molecular formula is C15H15ClN4O4S. The molecule has 1 aliphatic heterocycles. The van der Waals surface area contributed by atoms with E-state index in [1.165, 1.54) is 16.4 Å². The van der Waals surface area contributed by atoms with Crippen molar-refractivity contribution in [1.82, 2.24) is 14.3 Å². The standard InChI is InChI=1S/C15H15ClN4O4S/c16-12-7-11(15(21)22)8-13(9-12)25(23,24)20-5-3-19(4-6-20)14-10-17-1-2-18-14/h1-2,7-10H,3-6H2,(H,21,22). The number of carboxylic acids is 1. The molecule has 0 bridgehead atoms. The highest BCUT2D eigenvalue weighted by atomic mass is 35.5. The van der Waals surface area contributed by atoms with Gasteiger partial charge in [-0.3, -0.25) is 4.98 Å². The number of aromatic nitrogens is 2. The Kier molecular flexibility index (Phi) is 4.89. The van der Waals surface area contributed by atoms with E-state index in [-0.39, 0.29) is 28.6 Å². The van der Waals surface area contributed by atoms with Gasteiger partial charge in [0.05, 0.1) is 16.7 Å². The van der Waals surface area contributed by atoms with Gasteiger partial charge >= 0.3 is 5.97 Å². The smallest absolute Gasteiger partial charge is 0.335 e. The Labute approximate surface area is 149 Å². The third-order valence-corrected chi connectivity index (χ3v) is 5.96. The second-order valence-electron chi connectivity index (χ2n) is 5.44. The monoisotopic (exact) mass is 382 g/mol. The van der Waals surface area contributed by atoms with Crippen LogP contribution >= 0.6 is 11.6 Å². The largest absolute Gasteiger partial charge is 0.478 e. The lowest BCUT2D eigenvalue weighted by Gasteiger charge is -2.34. The summed E-state index contributed by atoms with van der Waals surface area (Å²) in [6.07, 6.45) is 4.78. The molecule has 2 heterocycles. The van der Waals surface area contributed by atoms with Gasteiger partial charge in [0.15, 0.2) is 0 Å². The van der Waals surface area contributed by atoms with Gasteiger partial charge < -0.3 is 10.0 Å². The maximum atomic E-state index is 12.8. The van der Waals surface area contributed by atoms with Crippen LogP contribution in [0.4, 0.5) is 5.82 Å². The predicted molar refractivity (Wildman–Crippen MR) is 91.4 cm³/mol. The van der Waals surface area contributed by atoms with Crippen molar-refractivity contribution >= 4 is 33.4 Å². The van der Waals surface area contributed by atoms with E-state index in [1.54, 1.807) is 18.6 Å². The zero-order valence-corrected chi connectivity index (χ0v) is 14.6. The fourth-order valence-electron chi connectivity index (χ4n) is 2.60. The minimum Gasteiger partial charge on any atom is -0.478 e. The average Bonchev–Trinajstić information content (AvgIpc) is 2.62. The maximum Gasteiger partial charge on any atom is 0.335 e. The van der Waals surface area contributed by atoms with Gasteiger partial charge in [-0.2, -0.15) is 4.31 Å². The molecule has 2 aromatic rings. The first-order chi connectivity index (χ1) is 11.9. The maximum absolute atomic E-state index is 12.8. The van der Waals surface area contributed by atoms with Gasteiger partial charge in [0.25, 0.3) is 0 Å². The van der Waals surface area contributed by atoms with E-state index in [9.17, 15) is 13.2 Å². The average molecular weight is 383 g/mol. The van der Waals surface area contributed by atoms with Gasteiger partial charge in [0.2, 0.25) is 10.0 Å². The summed E-state index contributed by atoms with van der Waals surface area (Å²) < 4.78 is 26.9. The number of nitrogens with zero attached hydrogens (tertiary/aromatic N) is 4. The predicted octanol–water partition coefficient (Wildman–Crippen LogP) is 1.34. The van der Waals surface area contributed by atoms with Crippen molar-refractivity contribution in [3.63, 3.8) is 0 Å². The van der Waals surface area contributed by atoms with Crippen molar-refractivity contribution in [2.75, 3.05) is 31.1 Å². The lowest BCUT2D eigenvalue weighted by molar-refractivity contribution is 0.0696. The molecule has 8 nitrogen and oxygen atoms in total. The first kappa shape index (κ1) is 17.6. The molecule has 1 fully saturated rings. The summed E-state index contributed by atoms with van der Waals surface area (Å²) >= 11 is 5.87. The second-order valence-corrected chi connectivity index (χ2v) is 7.81. The molecule has 1 N–H and O–H groups in total. The topological polar surface area (TPSA) is 104 Å². The highest BCUT2D eigenvalue weighted by Crippen LogP contribution is 2.24. The molecule has 0 saturated carbocycles. The Bertz CT molecular complexity index is 884. The fraction of sp³-hybridized carbons (Fsp3) is 0.267. The lowest BCUT2D eigenvalue weighted by Crippen LogP contribution is -2.49. The SMILES string of the molecule is O=C(O)c1cc(Cl)cc(S(=O)(=O)N2CCN(c3cnccn3)CC2)c1. The third-order valence-electron chi connectivity index (χ3n) is 3.87. The summed E-state index contributed by atoms with van der Waals surface area (Å²) in [5.41, 5.74) is -0.163. The van der Waals surface area contributed by atoms with Gasteiger partial charge in [0, 0.05) is 43.6 Å². The molecule has 25 heavy (non-hydrogen) atoms. The number of hydrogen-bond acceptors (Lipinski definition) is 6. The van der Waals surface area contributed by atoms with Crippen molar-refractivity contribution in [1.29, 1.82) is 0 Å². The van der Waals surface area contributed by atoms with Gasteiger partial charge in [-0.25, -0.2) is 18.2 Å². The molecule has 1 aliphatic rings. The van der Waals surface area contributed by atoms with Crippen LogP contribution in [0.3, 0.4) is 0 Å². The van der Waals surface area contributed by atoms with E-state index < -0.39 is 16.0 Å². The summed E-state index contributed by atoms with van der Waals surface area (Å²) in [6.45, 7) is 1.44. The fourth-order valence-corrected chi connectivity index (χ4v) is 4.39. The van der Waals surface area contributed by atoms with E-state index in [0.717, 1.165) is 6.07 Å². The summed E-state index contributed by atoms with van der Waals surface area (Å²) in [5.74, 6) is -0.540. The molecule has 10 heteroatoms. The van der Waals surface area contributed by atoms with Crippen molar-refractivity contribution in [2.24, 2.45) is 0 Å². The van der Waals surface area contributed by atoms with Crippen LogP contribution in [0.5, 0.6) is 0 Å². The molecule has 0 aliphatic carbocycles. The Balaban J connectivity index is 1.79. The molecule has 1 saturated heterocycles. The van der Waals surface area contributed by atoms with E-state index in [4.69, 9.17) is 16.7 Å². The number of piperazine rings is 1. The van der Waals surface area contributed by atoms with E-state index in [1.807, 2.05) is 4.90 Å². The van der Waals surface area contributed by atoms with Crippen LogP contribution in [-0.4, -0.2) is 59.9 Å². The van der Waals surface area contributed by atoms with Gasteiger partial charge in [-0.05, 0) is 18.2 Å². The van der Waals surface area contributed by atoms with Crippen LogP contribution in [0.2, 0.25) is 5.02 Å². The summed E-state index contributed by atoms with van der Waals surface area (Å²) in [4.78, 5) is 21.2. The van der Waals surface area contributed by atoms with Crippen molar-refractivity contribution in [3.05, 3.63) is 47.4 Å². The molecule has 1 aromatic carbocycles. The quantitative estimate of drug-likeness (QED) is 0.850. The van der Waals surface area contributed by atoms with Crippen LogP contribution in [0.25, 0.3) is 0 Å². The number of halogens is 1. The van der Waals surface area contributed by atoms with Gasteiger partial charge in [-0.15, -0.1) is 0 Å². The second kappa shape index (κ2) is 6.95. The molecule has 3 rings (SSSR count). The highest BCUT2D eigenvalue weighted by Gasteiger charge is 2.29. The Morgan fingerprint density at radius 3 is 2.44 bits per heavy atom. The third kappa shape index (κ3) is 3.73. The Hall–Kier alpha value is -2.23. The summed E-state index contributed by atoms with van der Waals surface area (Å²) in [7, 11) is -3.82. The lowest BCUT2D eigenvalue weighted by atomic mass is 10.2. The van der Waals surface area contributed by atoms with E-state index in [0.29, 0.717) is 18.9 Å². The Morgan fingerprint density at radius 2 is 1.84 bits per heavy atom. The molecule has 132 valence electrons. The van der Waals surface area contributed by atoms with Crippen molar-refractivity contribution < 1.29 is 18.3 Å². The van der Waals surface area contributed by atoms with Gasteiger partial charge in [0.1, 0.15) is 5.82 Å². The minimum atomic E-state index is -3.82. The number of carboxylic acid groups (broad SMARTS) is 1. The van der Waals surface area contributed by atoms with Crippen LogP contribution in [0.15, 0.2) is 41.7 Å². The number of carbonyl (C=O) groups is 1. The molecule has 0 unspecified atom stereocenters. The molecular weight excluding hydrogens is 368 g/mol. The van der Waals surface area contributed by atoms with Crippen molar-refractivity contribution in [3.8, 4) is 0 Å². The normalized spacial score (nSPS) is 16.0. The highest BCUT2D eigenvalue weighted by molar-refractivity contribution is 7.89. The van der Waals surface area contributed by atoms with E-state index >= 15 is 0 Å². The van der Waals surface area contributed by atoms with E-state index in [2.05, 4.69) is 9.97 Å². The zero-order chi connectivity index (χ0) is 18.0. The minimum absolute atomic E-state index is 0.0664. The van der Waals surface area contributed by atoms with Crippen molar-refractivity contribution in [2.45, 2.75) is 4.90 Å². The Morgan fingerprint density at radius 1 is 1.12 bits per heavy atom. The van der Waals surface area contributed by atoms with Crippen LogP contribution < -0.4 is 4.90 Å².